The highest BCUT2D eigenvalue weighted by Crippen LogP contribution is 2.30. The summed E-state index contributed by atoms with van der Waals surface area (Å²) in [4.78, 5) is 11.1. The van der Waals surface area contributed by atoms with Crippen LogP contribution in [0.1, 0.15) is 5.56 Å². The third-order valence-electron chi connectivity index (χ3n) is 2.73. The number of primary amides is 1. The van der Waals surface area contributed by atoms with Crippen LogP contribution in [0.25, 0.3) is 11.1 Å². The number of nitrogens with one attached hydrogen (secondary N) is 1. The highest BCUT2D eigenvalue weighted by Gasteiger charge is 2.29. The second-order valence-corrected chi connectivity index (χ2v) is 4.09. The summed E-state index contributed by atoms with van der Waals surface area (Å²) in [5, 5.41) is 7.49. The van der Waals surface area contributed by atoms with E-state index in [9.17, 15) is 18.0 Å². The number of pyridine rings is 1. The summed E-state index contributed by atoms with van der Waals surface area (Å²) in [6, 6.07) is 6.56. The molecule has 0 unspecified atom stereocenters. The van der Waals surface area contributed by atoms with Crippen LogP contribution in [0.4, 0.5) is 18.0 Å². The Balaban J connectivity index is 2.45. The van der Waals surface area contributed by atoms with Crippen LogP contribution in [0, 0.1) is 5.41 Å². The fourth-order valence-electron chi connectivity index (χ4n) is 1.71. The first-order valence-corrected chi connectivity index (χ1v) is 5.54. The van der Waals surface area contributed by atoms with Crippen LogP contribution in [0.5, 0.6) is 0 Å². The molecular weight excluding hydrogens is 271 g/mol. The highest BCUT2D eigenvalue weighted by atomic mass is 19.4. The number of nitrogens with zero attached hydrogens (tertiary/aromatic N) is 1. The molecule has 0 aliphatic carbocycles. The van der Waals surface area contributed by atoms with Crippen LogP contribution in [0.3, 0.4) is 0 Å². The number of nitrogens with two attached hydrogens (primary N) is 1. The molecule has 0 aliphatic heterocycles. The minimum atomic E-state index is -4.39. The number of benzene rings is 1. The van der Waals surface area contributed by atoms with Gasteiger partial charge in [0.2, 0.25) is 0 Å². The van der Waals surface area contributed by atoms with Crippen molar-refractivity contribution in [2.45, 2.75) is 6.18 Å². The van der Waals surface area contributed by atoms with E-state index in [1.54, 1.807) is 0 Å². The van der Waals surface area contributed by atoms with E-state index in [1.165, 1.54) is 30.5 Å². The molecule has 0 spiro atoms. The Morgan fingerprint density at radius 1 is 1.05 bits per heavy atom. The van der Waals surface area contributed by atoms with Crippen molar-refractivity contribution in [3.05, 3.63) is 53.6 Å². The monoisotopic (exact) mass is 281 g/mol. The number of amides is 1. The van der Waals surface area contributed by atoms with Gasteiger partial charge in [-0.05, 0) is 35.4 Å². The molecule has 0 atom stereocenters. The maximum Gasteiger partial charge on any atom is 0.416 e. The summed E-state index contributed by atoms with van der Waals surface area (Å²) in [5.41, 5.74) is 5.23. The van der Waals surface area contributed by atoms with Crippen LogP contribution in [0.15, 0.2) is 42.6 Å². The Bertz CT molecular complexity index is 702. The smallest absolute Gasteiger partial charge is 0.351 e. The largest absolute Gasteiger partial charge is 0.416 e. The number of aromatic nitrogens is 1. The van der Waals surface area contributed by atoms with Gasteiger partial charge in [0.05, 0.1) is 5.56 Å². The number of alkyl halides is 3. The summed E-state index contributed by atoms with van der Waals surface area (Å²) in [7, 11) is 0. The van der Waals surface area contributed by atoms with Crippen LogP contribution < -0.4 is 11.2 Å². The molecule has 2 aromatic rings. The average molecular weight is 281 g/mol. The van der Waals surface area contributed by atoms with Gasteiger partial charge >= 0.3 is 12.2 Å². The van der Waals surface area contributed by atoms with Crippen LogP contribution in [-0.4, -0.2) is 10.6 Å². The Morgan fingerprint density at radius 2 is 1.60 bits per heavy atom. The number of hydrogen-bond donors (Lipinski definition) is 2. The SMILES string of the molecule is N=c1ccc(-c2ccc(C(F)(F)F)cc2)cn1C(N)=O. The maximum atomic E-state index is 12.5. The third-order valence-corrected chi connectivity index (χ3v) is 2.73. The molecule has 7 heteroatoms. The minimum Gasteiger partial charge on any atom is -0.351 e. The van der Waals surface area contributed by atoms with Crippen molar-refractivity contribution in [1.29, 1.82) is 5.41 Å². The summed E-state index contributed by atoms with van der Waals surface area (Å²) < 4.78 is 38.3. The minimum absolute atomic E-state index is 0.104. The molecule has 0 radical (unpaired) electrons. The first-order valence-electron chi connectivity index (χ1n) is 5.54. The van der Waals surface area contributed by atoms with Crippen LogP contribution >= 0.6 is 0 Å². The topological polar surface area (TPSA) is 71.9 Å². The molecule has 0 saturated carbocycles. The zero-order valence-corrected chi connectivity index (χ0v) is 10.1. The van der Waals surface area contributed by atoms with E-state index in [1.807, 2.05) is 0 Å². The van der Waals surface area contributed by atoms with E-state index in [0.29, 0.717) is 11.1 Å². The summed E-state index contributed by atoms with van der Waals surface area (Å²) in [6.45, 7) is 0. The molecule has 1 aromatic heterocycles. The fourth-order valence-corrected chi connectivity index (χ4v) is 1.71. The van der Waals surface area contributed by atoms with Crippen molar-refractivity contribution in [3.8, 4) is 11.1 Å². The molecule has 3 N–H and O–H groups in total. The lowest BCUT2D eigenvalue weighted by Crippen LogP contribution is -2.30. The molecular formula is C13H10F3N3O. The van der Waals surface area contributed by atoms with Crippen LogP contribution in [0.2, 0.25) is 0 Å². The second kappa shape index (κ2) is 4.84. The van der Waals surface area contributed by atoms with Gasteiger partial charge in [0.25, 0.3) is 0 Å². The van der Waals surface area contributed by atoms with Gasteiger partial charge in [-0.2, -0.15) is 13.2 Å². The highest BCUT2D eigenvalue weighted by molar-refractivity contribution is 5.76. The summed E-state index contributed by atoms with van der Waals surface area (Å²) in [5.74, 6) is 0. The van der Waals surface area contributed by atoms with Gasteiger partial charge in [0.1, 0.15) is 5.49 Å². The van der Waals surface area contributed by atoms with E-state index in [2.05, 4.69) is 0 Å². The molecule has 1 amide bonds. The Morgan fingerprint density at radius 3 is 2.10 bits per heavy atom. The van der Waals surface area contributed by atoms with E-state index < -0.39 is 17.8 Å². The van der Waals surface area contributed by atoms with E-state index in [0.717, 1.165) is 16.7 Å². The van der Waals surface area contributed by atoms with Gasteiger partial charge in [-0.1, -0.05) is 12.1 Å². The van der Waals surface area contributed by atoms with Crippen molar-refractivity contribution in [2.75, 3.05) is 0 Å². The quantitative estimate of drug-likeness (QED) is 0.828. The molecule has 20 heavy (non-hydrogen) atoms. The van der Waals surface area contributed by atoms with Crippen molar-refractivity contribution in [3.63, 3.8) is 0 Å². The Hall–Kier alpha value is -2.57. The zero-order valence-electron chi connectivity index (χ0n) is 10.1. The van der Waals surface area contributed by atoms with E-state index in [-0.39, 0.29) is 5.49 Å². The zero-order chi connectivity index (χ0) is 14.9. The predicted octanol–water partition coefficient (Wildman–Crippen LogP) is 2.58. The molecule has 0 fully saturated rings. The molecule has 0 saturated heterocycles. The molecule has 1 heterocycles. The van der Waals surface area contributed by atoms with Gasteiger partial charge in [-0.15, -0.1) is 0 Å². The lowest BCUT2D eigenvalue weighted by molar-refractivity contribution is -0.137. The molecule has 1 aromatic carbocycles. The molecule has 2 rings (SSSR count). The van der Waals surface area contributed by atoms with Crippen LogP contribution in [-0.2, 0) is 6.18 Å². The lowest BCUT2D eigenvalue weighted by atomic mass is 10.1. The van der Waals surface area contributed by atoms with Gasteiger partial charge in [-0.3, -0.25) is 9.98 Å². The predicted molar refractivity (Wildman–Crippen MR) is 65.7 cm³/mol. The van der Waals surface area contributed by atoms with Gasteiger partial charge in [0.15, 0.2) is 0 Å². The number of carbonyl (C=O) groups excluding carboxylic acids is 1. The first kappa shape index (κ1) is 13.9. The first-order chi connectivity index (χ1) is 9.29. The summed E-state index contributed by atoms with van der Waals surface area (Å²) >= 11 is 0. The molecule has 104 valence electrons. The van der Waals surface area contributed by atoms with Gasteiger partial charge in [-0.25, -0.2) is 4.79 Å². The average Bonchev–Trinajstić information content (AvgIpc) is 2.38. The fraction of sp³-hybridized carbons (Fsp3) is 0.0769. The normalized spacial score (nSPS) is 11.3. The van der Waals surface area contributed by atoms with E-state index in [4.69, 9.17) is 11.1 Å². The number of halogens is 3. The van der Waals surface area contributed by atoms with Crippen molar-refractivity contribution in [2.24, 2.45) is 5.73 Å². The molecule has 0 aliphatic rings. The van der Waals surface area contributed by atoms with Gasteiger partial charge in [0, 0.05) is 6.20 Å². The number of carbonyl (C=O) groups is 1. The van der Waals surface area contributed by atoms with Crippen molar-refractivity contribution < 1.29 is 18.0 Å². The molecule has 4 nitrogen and oxygen atoms in total. The number of rotatable bonds is 1. The maximum absolute atomic E-state index is 12.5. The van der Waals surface area contributed by atoms with E-state index >= 15 is 0 Å². The number of hydrogen-bond acceptors (Lipinski definition) is 2. The lowest BCUT2D eigenvalue weighted by Gasteiger charge is -2.09. The van der Waals surface area contributed by atoms with Crippen molar-refractivity contribution in [1.82, 2.24) is 4.57 Å². The van der Waals surface area contributed by atoms with Crippen molar-refractivity contribution >= 4 is 6.03 Å². The Kier molecular flexibility index (Phi) is 3.35. The Labute approximate surface area is 111 Å². The standard InChI is InChI=1S/C13H10F3N3O/c14-13(15,16)10-4-1-8(2-5-10)9-3-6-11(17)19(7-9)12(18)20/h1-7,17H,(H2,18,20). The second-order valence-electron chi connectivity index (χ2n) is 4.09. The third kappa shape index (κ3) is 2.71. The van der Waals surface area contributed by atoms with Gasteiger partial charge < -0.3 is 5.73 Å². The summed E-state index contributed by atoms with van der Waals surface area (Å²) in [6.07, 6.45) is -3.08. The molecule has 0 bridgehead atoms.